The van der Waals surface area contributed by atoms with Crippen molar-refractivity contribution in [3.8, 4) is 0 Å². The summed E-state index contributed by atoms with van der Waals surface area (Å²) in [6.45, 7) is 4.17. The molecule has 2 aromatic carbocycles. The van der Waals surface area contributed by atoms with E-state index in [1.807, 2.05) is 6.07 Å². The lowest BCUT2D eigenvalue weighted by molar-refractivity contribution is -0.130. The molecule has 3 aliphatic rings. The molecule has 1 spiro atoms. The van der Waals surface area contributed by atoms with Gasteiger partial charge in [-0.3, -0.25) is 9.69 Å². The Kier molecular flexibility index (Phi) is 5.73. The summed E-state index contributed by atoms with van der Waals surface area (Å²) in [5, 5.41) is 14.0. The lowest BCUT2D eigenvalue weighted by Gasteiger charge is -2.43. The average Bonchev–Trinajstić information content (AvgIpc) is 3.34. The van der Waals surface area contributed by atoms with Crippen LogP contribution in [-0.2, 0) is 10.3 Å². The highest BCUT2D eigenvalue weighted by Gasteiger charge is 2.68. The third-order valence-corrected chi connectivity index (χ3v) is 8.71. The van der Waals surface area contributed by atoms with Crippen LogP contribution in [0.25, 0.3) is 0 Å². The number of aliphatic hydroxyl groups excluding tert-OH is 1. The minimum absolute atomic E-state index is 0.0119. The number of anilines is 1. The zero-order valence-electron chi connectivity index (χ0n) is 18.6. The van der Waals surface area contributed by atoms with Crippen molar-refractivity contribution in [1.29, 1.82) is 0 Å². The number of nitrogens with one attached hydrogen (secondary N) is 1. The summed E-state index contributed by atoms with van der Waals surface area (Å²) in [6.07, 6.45) is 1.74. The molecule has 33 heavy (non-hydrogen) atoms. The predicted octanol–water partition coefficient (Wildman–Crippen LogP) is 4.50. The van der Waals surface area contributed by atoms with Gasteiger partial charge in [-0.2, -0.15) is 0 Å². The van der Waals surface area contributed by atoms with Gasteiger partial charge in [0.05, 0.1) is 17.7 Å². The number of nitrogens with two attached hydrogens (primary N) is 1. The molecule has 1 aliphatic carbocycles. The molecule has 0 bridgehead atoms. The summed E-state index contributed by atoms with van der Waals surface area (Å²) in [4.78, 5) is 16.1. The molecule has 2 aromatic rings. The Balaban J connectivity index is 1.80. The number of hydrogen-bond donors (Lipinski definition) is 3. The van der Waals surface area contributed by atoms with Crippen molar-refractivity contribution in [3.63, 3.8) is 0 Å². The fourth-order valence-electron chi connectivity index (χ4n) is 6.57. The maximum absolute atomic E-state index is 15.5. The van der Waals surface area contributed by atoms with Gasteiger partial charge in [-0.05, 0) is 48.4 Å². The zero-order valence-corrected chi connectivity index (χ0v) is 20.1. The van der Waals surface area contributed by atoms with E-state index in [9.17, 15) is 9.90 Å². The van der Waals surface area contributed by atoms with Crippen molar-refractivity contribution in [2.45, 2.75) is 56.3 Å². The first-order chi connectivity index (χ1) is 15.7. The summed E-state index contributed by atoms with van der Waals surface area (Å²) >= 11 is 12.4. The Hall–Kier alpha value is -1.70. The molecule has 8 heteroatoms. The quantitative estimate of drug-likeness (QED) is 0.590. The van der Waals surface area contributed by atoms with Crippen LogP contribution in [0.3, 0.4) is 0 Å². The summed E-state index contributed by atoms with van der Waals surface area (Å²) < 4.78 is 15.5. The van der Waals surface area contributed by atoms with Gasteiger partial charge in [-0.1, -0.05) is 55.2 Å². The van der Waals surface area contributed by atoms with Crippen LogP contribution in [0.4, 0.5) is 10.1 Å². The van der Waals surface area contributed by atoms with Crippen molar-refractivity contribution in [2.24, 2.45) is 17.6 Å². The number of amides is 1. The molecule has 1 amide bonds. The molecule has 0 radical (unpaired) electrons. The smallest absolute Gasteiger partial charge is 0.250 e. The van der Waals surface area contributed by atoms with E-state index in [4.69, 9.17) is 28.9 Å². The van der Waals surface area contributed by atoms with Crippen LogP contribution in [0.15, 0.2) is 36.4 Å². The molecule has 2 heterocycles. The van der Waals surface area contributed by atoms with Crippen LogP contribution < -0.4 is 11.1 Å². The van der Waals surface area contributed by atoms with Gasteiger partial charge < -0.3 is 16.2 Å². The first-order valence-corrected chi connectivity index (χ1v) is 12.2. The van der Waals surface area contributed by atoms with E-state index < -0.39 is 29.4 Å². The molecule has 6 atom stereocenters. The normalized spacial score (nSPS) is 34.3. The standard InChI is InChI=1S/C25H28Cl2FN3O2/c1-12-8-15(9-13(12)2)31-20(11-32)23(29)21(16-4-3-5-18(27)22(16)28)25(31)17-7-6-14(26)10-19(17)30-24(25)33/h3-7,10,12-13,15,20-21,23,32H,8-9,11,29H2,1-2H3,(H,30,33)/t12-,13-,20-,21-,23+,25+/m0/s1. The summed E-state index contributed by atoms with van der Waals surface area (Å²) in [7, 11) is 0. The lowest BCUT2D eigenvalue weighted by Crippen LogP contribution is -2.56. The highest BCUT2D eigenvalue weighted by atomic mass is 35.5. The maximum Gasteiger partial charge on any atom is 0.250 e. The highest BCUT2D eigenvalue weighted by molar-refractivity contribution is 6.31. The molecule has 5 nitrogen and oxygen atoms in total. The average molecular weight is 492 g/mol. The monoisotopic (exact) mass is 491 g/mol. The van der Waals surface area contributed by atoms with E-state index in [1.54, 1.807) is 24.3 Å². The van der Waals surface area contributed by atoms with Gasteiger partial charge in [0.25, 0.3) is 0 Å². The summed E-state index contributed by atoms with van der Waals surface area (Å²) in [6, 6.07) is 8.88. The van der Waals surface area contributed by atoms with Gasteiger partial charge in [0.1, 0.15) is 11.4 Å². The number of hydrogen-bond acceptors (Lipinski definition) is 4. The number of carbonyl (C=O) groups is 1. The largest absolute Gasteiger partial charge is 0.395 e. The van der Waals surface area contributed by atoms with Crippen LogP contribution in [0.1, 0.15) is 43.7 Å². The van der Waals surface area contributed by atoms with Gasteiger partial charge in [0, 0.05) is 34.3 Å². The minimum Gasteiger partial charge on any atom is -0.395 e. The Morgan fingerprint density at radius 3 is 2.58 bits per heavy atom. The van der Waals surface area contributed by atoms with Crippen molar-refractivity contribution < 1.29 is 14.3 Å². The van der Waals surface area contributed by atoms with E-state index >= 15 is 4.39 Å². The van der Waals surface area contributed by atoms with Gasteiger partial charge in [0.2, 0.25) is 5.91 Å². The second kappa shape index (κ2) is 8.21. The molecule has 2 fully saturated rings. The number of halogens is 3. The number of likely N-dealkylation sites (tertiary alicyclic amines) is 1. The van der Waals surface area contributed by atoms with E-state index in [0.717, 1.165) is 12.8 Å². The predicted molar refractivity (Wildman–Crippen MR) is 128 cm³/mol. The van der Waals surface area contributed by atoms with Crippen molar-refractivity contribution in [3.05, 3.63) is 63.4 Å². The molecule has 176 valence electrons. The number of rotatable bonds is 3. The molecule has 0 unspecified atom stereocenters. The second-order valence-corrected chi connectivity index (χ2v) is 10.7. The third kappa shape index (κ3) is 3.18. The fourth-order valence-corrected chi connectivity index (χ4v) is 6.93. The van der Waals surface area contributed by atoms with Crippen molar-refractivity contribution >= 4 is 34.8 Å². The number of benzene rings is 2. The van der Waals surface area contributed by atoms with E-state index in [2.05, 4.69) is 24.1 Å². The van der Waals surface area contributed by atoms with Crippen LogP contribution in [0, 0.1) is 17.7 Å². The summed E-state index contributed by atoms with van der Waals surface area (Å²) in [5.74, 6) is -0.692. The van der Waals surface area contributed by atoms with E-state index in [0.29, 0.717) is 28.1 Å². The first-order valence-electron chi connectivity index (χ1n) is 11.4. The van der Waals surface area contributed by atoms with Gasteiger partial charge in [-0.15, -0.1) is 0 Å². The van der Waals surface area contributed by atoms with Crippen LogP contribution >= 0.6 is 23.2 Å². The van der Waals surface area contributed by atoms with Gasteiger partial charge in [0.15, 0.2) is 0 Å². The summed E-state index contributed by atoms with van der Waals surface area (Å²) in [5.41, 5.74) is 7.10. The topological polar surface area (TPSA) is 78.6 Å². The van der Waals surface area contributed by atoms with Gasteiger partial charge >= 0.3 is 0 Å². The molecule has 4 N–H and O–H groups in total. The highest BCUT2D eigenvalue weighted by Crippen LogP contribution is 2.59. The SMILES string of the molecule is C[C@H]1CC(N2[C@@H](CO)[C@@H](N)[C@H](c3cccc(Cl)c3F)[C@]23C(=O)Nc2cc(Cl)ccc23)C[C@@H]1C. The van der Waals surface area contributed by atoms with E-state index in [1.165, 1.54) is 6.07 Å². The Morgan fingerprint density at radius 1 is 1.21 bits per heavy atom. The maximum atomic E-state index is 15.5. The van der Waals surface area contributed by atoms with Crippen LogP contribution in [-0.4, -0.2) is 40.6 Å². The molecule has 0 aromatic heterocycles. The second-order valence-electron chi connectivity index (χ2n) is 9.85. The van der Waals surface area contributed by atoms with E-state index in [-0.39, 0.29) is 29.1 Å². The van der Waals surface area contributed by atoms with Crippen molar-refractivity contribution in [2.75, 3.05) is 11.9 Å². The number of aliphatic hydroxyl groups is 1. The lowest BCUT2D eigenvalue weighted by atomic mass is 9.73. The minimum atomic E-state index is -1.29. The van der Waals surface area contributed by atoms with Gasteiger partial charge in [-0.25, -0.2) is 4.39 Å². The molecule has 2 aliphatic heterocycles. The fraction of sp³-hybridized carbons (Fsp3) is 0.480. The third-order valence-electron chi connectivity index (χ3n) is 8.19. The Morgan fingerprint density at radius 2 is 1.91 bits per heavy atom. The zero-order chi connectivity index (χ0) is 23.7. The number of fused-ring (bicyclic) bond motifs is 2. The first kappa shape index (κ1) is 23.1. The molecule has 1 saturated heterocycles. The van der Waals surface area contributed by atoms with Crippen molar-refractivity contribution in [1.82, 2.24) is 4.90 Å². The Labute approximate surface area is 203 Å². The van der Waals surface area contributed by atoms with Crippen LogP contribution in [0.2, 0.25) is 10.0 Å². The number of carbonyl (C=O) groups excluding carboxylic acids is 1. The molecule has 1 saturated carbocycles. The van der Waals surface area contributed by atoms with Crippen LogP contribution in [0.5, 0.6) is 0 Å². The Bertz CT molecular complexity index is 1110. The molecular formula is C25H28Cl2FN3O2. The number of nitrogens with zero attached hydrogens (tertiary/aromatic N) is 1. The molecule has 5 rings (SSSR count). The molecular weight excluding hydrogens is 464 g/mol.